The minimum atomic E-state index is -0.918. The molecule has 1 N–H and O–H groups in total. The Labute approximate surface area is 84.9 Å². The summed E-state index contributed by atoms with van der Waals surface area (Å²) in [5, 5.41) is 8.44. The van der Waals surface area contributed by atoms with Crippen LogP contribution in [0.2, 0.25) is 0 Å². The zero-order chi connectivity index (χ0) is 11.1. The fourth-order valence-corrected chi connectivity index (χ4v) is 1.27. The quantitative estimate of drug-likeness (QED) is 0.708. The summed E-state index contributed by atoms with van der Waals surface area (Å²) < 4.78 is 0. The first-order chi connectivity index (χ1) is 6.49. The van der Waals surface area contributed by atoms with Crippen molar-refractivity contribution in [2.45, 2.75) is 46.1 Å². The minimum absolute atomic E-state index is 0.0655. The van der Waals surface area contributed by atoms with E-state index in [-0.39, 0.29) is 24.8 Å². The van der Waals surface area contributed by atoms with Crippen molar-refractivity contribution in [1.82, 2.24) is 4.90 Å². The predicted octanol–water partition coefficient (Wildman–Crippen LogP) is 1.50. The Hall–Kier alpha value is -1.06. The Kier molecular flexibility index (Phi) is 5.92. The molecular formula is C10H19NO3. The monoisotopic (exact) mass is 201 g/mol. The third-order valence-electron chi connectivity index (χ3n) is 1.96. The fourth-order valence-electron chi connectivity index (χ4n) is 1.27. The van der Waals surface area contributed by atoms with Crippen LogP contribution < -0.4 is 0 Å². The summed E-state index contributed by atoms with van der Waals surface area (Å²) in [6.45, 7) is 6.58. The third-order valence-corrected chi connectivity index (χ3v) is 1.96. The SMILES string of the molecule is CCCN(C(=O)CCC(=O)O)C(C)C. The molecule has 0 aliphatic heterocycles. The first-order valence-corrected chi connectivity index (χ1v) is 5.00. The molecule has 0 spiro atoms. The van der Waals surface area contributed by atoms with E-state index in [9.17, 15) is 9.59 Å². The predicted molar refractivity (Wildman–Crippen MR) is 54.0 cm³/mol. The number of carboxylic acids is 1. The molecule has 0 fully saturated rings. The number of carbonyl (C=O) groups is 2. The average Bonchev–Trinajstić information content (AvgIpc) is 2.09. The highest BCUT2D eigenvalue weighted by Crippen LogP contribution is 2.04. The largest absolute Gasteiger partial charge is 0.481 e. The van der Waals surface area contributed by atoms with E-state index in [1.807, 2.05) is 20.8 Å². The number of carboxylic acid groups (broad SMARTS) is 1. The summed E-state index contributed by atoms with van der Waals surface area (Å²) in [5.41, 5.74) is 0. The second-order valence-electron chi connectivity index (χ2n) is 3.57. The molecule has 14 heavy (non-hydrogen) atoms. The van der Waals surface area contributed by atoms with Crippen LogP contribution in [0.1, 0.15) is 40.0 Å². The maximum absolute atomic E-state index is 11.5. The topological polar surface area (TPSA) is 57.6 Å². The molecule has 82 valence electrons. The summed E-state index contributed by atoms with van der Waals surface area (Å²) in [5.74, 6) is -0.984. The number of hydrogen-bond donors (Lipinski definition) is 1. The first kappa shape index (κ1) is 12.9. The van der Waals surface area contributed by atoms with Crippen molar-refractivity contribution < 1.29 is 14.7 Å². The van der Waals surface area contributed by atoms with Gasteiger partial charge in [-0.05, 0) is 20.3 Å². The van der Waals surface area contributed by atoms with E-state index in [0.717, 1.165) is 6.42 Å². The second-order valence-corrected chi connectivity index (χ2v) is 3.57. The van der Waals surface area contributed by atoms with Crippen LogP contribution in [0, 0.1) is 0 Å². The highest BCUT2D eigenvalue weighted by molar-refractivity contribution is 5.80. The lowest BCUT2D eigenvalue weighted by molar-refractivity contribution is -0.141. The van der Waals surface area contributed by atoms with Crippen molar-refractivity contribution in [2.75, 3.05) is 6.54 Å². The van der Waals surface area contributed by atoms with Crippen molar-refractivity contribution >= 4 is 11.9 Å². The molecule has 0 aromatic rings. The lowest BCUT2D eigenvalue weighted by Gasteiger charge is -2.26. The highest BCUT2D eigenvalue weighted by atomic mass is 16.4. The van der Waals surface area contributed by atoms with Gasteiger partial charge in [0.2, 0.25) is 5.91 Å². The van der Waals surface area contributed by atoms with Crippen LogP contribution in [0.3, 0.4) is 0 Å². The lowest BCUT2D eigenvalue weighted by Crippen LogP contribution is -2.37. The van der Waals surface area contributed by atoms with E-state index in [0.29, 0.717) is 6.54 Å². The lowest BCUT2D eigenvalue weighted by atomic mass is 10.2. The maximum atomic E-state index is 11.5. The number of rotatable bonds is 6. The van der Waals surface area contributed by atoms with Crippen LogP contribution in [0.5, 0.6) is 0 Å². The van der Waals surface area contributed by atoms with Gasteiger partial charge in [0, 0.05) is 19.0 Å². The molecule has 0 rings (SSSR count). The molecule has 0 unspecified atom stereocenters. The molecule has 1 amide bonds. The number of amides is 1. The van der Waals surface area contributed by atoms with E-state index in [1.165, 1.54) is 0 Å². The van der Waals surface area contributed by atoms with Gasteiger partial charge in [0.1, 0.15) is 0 Å². The van der Waals surface area contributed by atoms with Crippen LogP contribution in [0.4, 0.5) is 0 Å². The Morgan fingerprint density at radius 1 is 1.29 bits per heavy atom. The van der Waals surface area contributed by atoms with Gasteiger partial charge < -0.3 is 10.0 Å². The third kappa shape index (κ3) is 4.84. The van der Waals surface area contributed by atoms with E-state index in [2.05, 4.69) is 0 Å². The maximum Gasteiger partial charge on any atom is 0.303 e. The molecule has 0 bridgehead atoms. The van der Waals surface area contributed by atoms with Gasteiger partial charge in [-0.25, -0.2) is 0 Å². The van der Waals surface area contributed by atoms with Crippen molar-refractivity contribution in [3.63, 3.8) is 0 Å². The summed E-state index contributed by atoms with van der Waals surface area (Å²) in [6.07, 6.45) is 0.927. The number of hydrogen-bond acceptors (Lipinski definition) is 2. The summed E-state index contributed by atoms with van der Waals surface area (Å²) >= 11 is 0. The first-order valence-electron chi connectivity index (χ1n) is 5.00. The minimum Gasteiger partial charge on any atom is -0.481 e. The molecule has 0 aliphatic carbocycles. The van der Waals surface area contributed by atoms with Crippen LogP contribution in [0.15, 0.2) is 0 Å². The van der Waals surface area contributed by atoms with E-state index in [4.69, 9.17) is 5.11 Å². The molecule has 0 aromatic carbocycles. The zero-order valence-electron chi connectivity index (χ0n) is 9.12. The van der Waals surface area contributed by atoms with E-state index < -0.39 is 5.97 Å². The smallest absolute Gasteiger partial charge is 0.303 e. The Balaban J connectivity index is 4.08. The molecule has 4 heteroatoms. The van der Waals surface area contributed by atoms with Gasteiger partial charge >= 0.3 is 5.97 Å². The molecule has 0 aromatic heterocycles. The molecule has 0 saturated carbocycles. The van der Waals surface area contributed by atoms with Gasteiger partial charge in [0.15, 0.2) is 0 Å². The van der Waals surface area contributed by atoms with Crippen molar-refractivity contribution in [1.29, 1.82) is 0 Å². The van der Waals surface area contributed by atoms with Gasteiger partial charge in [-0.2, -0.15) is 0 Å². The molecule has 0 aliphatic rings. The van der Waals surface area contributed by atoms with Crippen molar-refractivity contribution in [2.24, 2.45) is 0 Å². The van der Waals surface area contributed by atoms with Gasteiger partial charge in [0.25, 0.3) is 0 Å². The Morgan fingerprint density at radius 2 is 1.86 bits per heavy atom. The Bertz CT molecular complexity index is 202. The van der Waals surface area contributed by atoms with Gasteiger partial charge in [-0.15, -0.1) is 0 Å². The normalized spacial score (nSPS) is 10.3. The number of nitrogens with zero attached hydrogens (tertiary/aromatic N) is 1. The zero-order valence-corrected chi connectivity index (χ0v) is 9.12. The van der Waals surface area contributed by atoms with Crippen LogP contribution in [-0.4, -0.2) is 34.5 Å². The van der Waals surface area contributed by atoms with Crippen LogP contribution in [-0.2, 0) is 9.59 Å². The van der Waals surface area contributed by atoms with E-state index >= 15 is 0 Å². The number of aliphatic carboxylic acids is 1. The van der Waals surface area contributed by atoms with Crippen molar-refractivity contribution in [3.05, 3.63) is 0 Å². The van der Waals surface area contributed by atoms with Gasteiger partial charge in [-0.1, -0.05) is 6.92 Å². The molecule has 0 atom stereocenters. The molecule has 0 saturated heterocycles. The van der Waals surface area contributed by atoms with Crippen LogP contribution in [0.25, 0.3) is 0 Å². The number of carbonyl (C=O) groups excluding carboxylic acids is 1. The van der Waals surface area contributed by atoms with Crippen LogP contribution >= 0.6 is 0 Å². The summed E-state index contributed by atoms with van der Waals surface area (Å²) in [6, 6.07) is 0.149. The summed E-state index contributed by atoms with van der Waals surface area (Å²) in [7, 11) is 0. The Morgan fingerprint density at radius 3 is 2.21 bits per heavy atom. The molecule has 0 radical (unpaired) electrons. The molecule has 4 nitrogen and oxygen atoms in total. The standard InChI is InChI=1S/C10H19NO3/c1-4-7-11(8(2)3)9(12)5-6-10(13)14/h8H,4-7H2,1-3H3,(H,13,14). The average molecular weight is 201 g/mol. The summed E-state index contributed by atoms with van der Waals surface area (Å²) in [4.78, 5) is 23.6. The fraction of sp³-hybridized carbons (Fsp3) is 0.800. The van der Waals surface area contributed by atoms with E-state index in [1.54, 1.807) is 4.90 Å². The van der Waals surface area contributed by atoms with Crippen molar-refractivity contribution in [3.8, 4) is 0 Å². The van der Waals surface area contributed by atoms with Gasteiger partial charge in [-0.3, -0.25) is 9.59 Å². The molecular weight excluding hydrogens is 182 g/mol. The molecule has 0 heterocycles. The second kappa shape index (κ2) is 6.40. The van der Waals surface area contributed by atoms with Gasteiger partial charge in [0.05, 0.1) is 6.42 Å². The highest BCUT2D eigenvalue weighted by Gasteiger charge is 2.16.